The number of aliphatic hydroxyl groups excluding tert-OH is 1. The summed E-state index contributed by atoms with van der Waals surface area (Å²) in [5.41, 5.74) is 1.33. The predicted molar refractivity (Wildman–Crippen MR) is 90.3 cm³/mol. The molecular weight excluding hydrogens is 314 g/mol. The molecule has 0 unspecified atom stereocenters. The average Bonchev–Trinajstić information content (AvgIpc) is 2.53. The highest BCUT2D eigenvalue weighted by Crippen LogP contribution is 2.19. The quantitative estimate of drug-likeness (QED) is 0.612. The second-order valence-corrected chi connectivity index (χ2v) is 6.91. The highest BCUT2D eigenvalue weighted by atomic mass is 32.2. The molecule has 1 aromatic rings. The van der Waals surface area contributed by atoms with E-state index in [1.54, 1.807) is 19.1 Å². The molecule has 6 heteroatoms. The average molecular weight is 335 g/mol. The first-order chi connectivity index (χ1) is 10.7. The molecule has 1 N–H and O–H groups in total. The molecule has 0 spiro atoms. The number of allylic oxidation sites excluding steroid dienone is 3. The van der Waals surface area contributed by atoms with Crippen molar-refractivity contribution in [1.29, 1.82) is 0 Å². The Hall–Kier alpha value is -2.18. The number of aliphatic hydroxyl groups is 1. The van der Waals surface area contributed by atoms with Crippen molar-refractivity contribution >= 4 is 15.8 Å². The Morgan fingerprint density at radius 2 is 2.00 bits per heavy atom. The van der Waals surface area contributed by atoms with Crippen LogP contribution in [0.15, 0.2) is 65.2 Å². The Balaban J connectivity index is 3.02. The third-order valence-corrected chi connectivity index (χ3v) is 5.09. The summed E-state index contributed by atoms with van der Waals surface area (Å²) >= 11 is 0. The molecule has 1 rings (SSSR count). The van der Waals surface area contributed by atoms with Crippen LogP contribution in [0, 0.1) is 6.92 Å². The van der Waals surface area contributed by atoms with E-state index in [1.807, 2.05) is 13.0 Å². The number of carbonyl (C=O) groups excluding carboxylic acids is 1. The first-order valence-electron chi connectivity index (χ1n) is 6.97. The fourth-order valence-corrected chi connectivity index (χ4v) is 3.09. The number of carbonyl (C=O) groups is 1. The predicted octanol–water partition coefficient (Wildman–Crippen LogP) is 2.19. The van der Waals surface area contributed by atoms with E-state index in [0.717, 1.165) is 9.87 Å². The molecule has 0 radical (unpaired) electrons. The van der Waals surface area contributed by atoms with Crippen LogP contribution in [-0.4, -0.2) is 37.3 Å². The summed E-state index contributed by atoms with van der Waals surface area (Å²) in [5, 5.41) is 8.86. The molecule has 5 nitrogen and oxygen atoms in total. The second-order valence-electron chi connectivity index (χ2n) is 4.94. The van der Waals surface area contributed by atoms with Crippen LogP contribution in [0.2, 0.25) is 0 Å². The lowest BCUT2D eigenvalue weighted by atomic mass is 10.1. The summed E-state index contributed by atoms with van der Waals surface area (Å²) in [6.45, 7) is 6.58. The van der Waals surface area contributed by atoms with Gasteiger partial charge in [-0.3, -0.25) is 9.10 Å². The van der Waals surface area contributed by atoms with Crippen LogP contribution >= 0.6 is 0 Å². The number of sulfonamides is 1. The lowest BCUT2D eigenvalue weighted by Crippen LogP contribution is -2.25. The normalized spacial score (nSPS) is 12.4. The van der Waals surface area contributed by atoms with E-state index in [9.17, 15) is 13.2 Å². The van der Waals surface area contributed by atoms with E-state index in [4.69, 9.17) is 5.11 Å². The molecule has 0 heterocycles. The van der Waals surface area contributed by atoms with E-state index in [0.29, 0.717) is 0 Å². The summed E-state index contributed by atoms with van der Waals surface area (Å²) in [6, 6.07) is 6.58. The molecule has 0 aliphatic carbocycles. The zero-order valence-corrected chi connectivity index (χ0v) is 14.3. The number of likely N-dealkylation sites (N-methyl/N-ethyl adjacent to an activating group) is 1. The van der Waals surface area contributed by atoms with Crippen molar-refractivity contribution in [2.24, 2.45) is 0 Å². The first-order valence-corrected chi connectivity index (χ1v) is 8.41. The van der Waals surface area contributed by atoms with Gasteiger partial charge in [-0.15, -0.1) is 0 Å². The molecule has 0 bridgehead atoms. The molecule has 0 atom stereocenters. The fourth-order valence-electron chi connectivity index (χ4n) is 1.82. The monoisotopic (exact) mass is 335 g/mol. The van der Waals surface area contributed by atoms with Gasteiger partial charge in [0.05, 0.1) is 4.90 Å². The molecular formula is C17H21NO4S. The number of nitrogens with zero attached hydrogens (tertiary/aromatic N) is 1. The number of ketones is 1. The van der Waals surface area contributed by atoms with Crippen molar-refractivity contribution in [3.05, 3.63) is 65.9 Å². The van der Waals surface area contributed by atoms with Crippen molar-refractivity contribution in [2.75, 3.05) is 13.7 Å². The first kappa shape index (κ1) is 18.9. The van der Waals surface area contributed by atoms with E-state index in [1.165, 1.54) is 31.3 Å². The van der Waals surface area contributed by atoms with Crippen molar-refractivity contribution in [2.45, 2.75) is 18.7 Å². The topological polar surface area (TPSA) is 74.7 Å². The Bertz CT molecular complexity index is 761. The molecule has 0 saturated heterocycles. The van der Waals surface area contributed by atoms with Crippen molar-refractivity contribution < 1.29 is 18.3 Å². The molecule has 1 aromatic carbocycles. The maximum Gasteiger partial charge on any atom is 0.264 e. The van der Waals surface area contributed by atoms with Gasteiger partial charge in [-0.1, -0.05) is 24.8 Å². The number of Topliss-reactive ketones (excluding diaryl/α,β-unsaturated/α-hetero) is 1. The van der Waals surface area contributed by atoms with Gasteiger partial charge in [-0.25, -0.2) is 8.42 Å². The molecule has 0 aromatic heterocycles. The van der Waals surface area contributed by atoms with Crippen LogP contribution in [0.25, 0.3) is 0 Å². The van der Waals surface area contributed by atoms with E-state index in [-0.39, 0.29) is 16.2 Å². The van der Waals surface area contributed by atoms with Gasteiger partial charge in [0.15, 0.2) is 5.78 Å². The van der Waals surface area contributed by atoms with Crippen LogP contribution in [0.1, 0.15) is 12.5 Å². The smallest absolute Gasteiger partial charge is 0.264 e. The summed E-state index contributed by atoms with van der Waals surface area (Å²) < 4.78 is 26.1. The summed E-state index contributed by atoms with van der Waals surface area (Å²) in [6.07, 6.45) is 4.40. The van der Waals surface area contributed by atoms with E-state index in [2.05, 4.69) is 6.58 Å². The molecule has 0 fully saturated rings. The maximum atomic E-state index is 12.5. The lowest BCUT2D eigenvalue weighted by molar-refractivity contribution is -0.117. The van der Waals surface area contributed by atoms with Gasteiger partial charge in [0, 0.05) is 18.3 Å². The second kappa shape index (κ2) is 7.89. The Kier molecular flexibility index (Phi) is 6.48. The molecule has 0 saturated carbocycles. The minimum atomic E-state index is -3.71. The standard InChI is InChI=1S/C17H21NO4S/c1-5-15(17(20)12-19)10-9-14(3)18(4)23(21,22)16-8-6-7-13(2)11-16/h5-11,19H,3,12H2,1-2,4H3/b10-9-,15-5+. The summed E-state index contributed by atoms with van der Waals surface area (Å²) in [7, 11) is -2.32. The van der Waals surface area contributed by atoms with Crippen LogP contribution < -0.4 is 0 Å². The molecule has 0 amide bonds. The summed E-state index contributed by atoms with van der Waals surface area (Å²) in [5.74, 6) is -0.444. The van der Waals surface area contributed by atoms with Gasteiger partial charge < -0.3 is 5.11 Å². The van der Waals surface area contributed by atoms with Crippen molar-refractivity contribution in [1.82, 2.24) is 4.31 Å². The van der Waals surface area contributed by atoms with Crippen LogP contribution in [0.4, 0.5) is 0 Å². The lowest BCUT2D eigenvalue weighted by Gasteiger charge is -2.19. The highest BCUT2D eigenvalue weighted by molar-refractivity contribution is 7.89. The van der Waals surface area contributed by atoms with Gasteiger partial charge in [0.1, 0.15) is 6.61 Å². The van der Waals surface area contributed by atoms with E-state index < -0.39 is 22.4 Å². The highest BCUT2D eigenvalue weighted by Gasteiger charge is 2.21. The Labute approximate surface area is 137 Å². The van der Waals surface area contributed by atoms with Crippen LogP contribution in [-0.2, 0) is 14.8 Å². The molecule has 23 heavy (non-hydrogen) atoms. The van der Waals surface area contributed by atoms with Gasteiger partial charge >= 0.3 is 0 Å². The Morgan fingerprint density at radius 3 is 2.52 bits per heavy atom. The van der Waals surface area contributed by atoms with E-state index >= 15 is 0 Å². The number of aryl methyl sites for hydroxylation is 1. The van der Waals surface area contributed by atoms with Gasteiger partial charge in [-0.05, 0) is 43.7 Å². The summed E-state index contributed by atoms with van der Waals surface area (Å²) in [4.78, 5) is 11.6. The Morgan fingerprint density at radius 1 is 1.35 bits per heavy atom. The zero-order valence-electron chi connectivity index (χ0n) is 13.5. The van der Waals surface area contributed by atoms with Gasteiger partial charge in [-0.2, -0.15) is 0 Å². The van der Waals surface area contributed by atoms with Crippen molar-refractivity contribution in [3.8, 4) is 0 Å². The van der Waals surface area contributed by atoms with Gasteiger partial charge in [0.25, 0.3) is 10.0 Å². The van der Waals surface area contributed by atoms with Crippen molar-refractivity contribution in [3.63, 3.8) is 0 Å². The third-order valence-electron chi connectivity index (χ3n) is 3.28. The van der Waals surface area contributed by atoms with Gasteiger partial charge in [0.2, 0.25) is 0 Å². The third kappa shape index (κ3) is 4.64. The molecule has 0 aliphatic rings. The van der Waals surface area contributed by atoms with Crippen LogP contribution in [0.5, 0.6) is 0 Å². The molecule has 0 aliphatic heterocycles. The fraction of sp³-hybridized carbons (Fsp3) is 0.235. The number of rotatable bonds is 7. The number of benzene rings is 1. The zero-order chi connectivity index (χ0) is 17.6. The SMILES string of the molecule is C=C(/C=C\C(=C/C)C(=O)CO)N(C)S(=O)(=O)c1cccc(C)c1. The number of hydrogen-bond acceptors (Lipinski definition) is 4. The number of hydrogen-bond donors (Lipinski definition) is 1. The largest absolute Gasteiger partial charge is 0.388 e. The minimum Gasteiger partial charge on any atom is -0.388 e. The van der Waals surface area contributed by atoms with Crippen LogP contribution in [0.3, 0.4) is 0 Å². The maximum absolute atomic E-state index is 12.5. The molecule has 124 valence electrons. The minimum absolute atomic E-state index is 0.173.